The molecule has 2 rings (SSSR count). The molecular weight excluding hydrogens is 217 g/mol. The van der Waals surface area contributed by atoms with Crippen LogP contribution in [0.15, 0.2) is 17.1 Å². The predicted octanol–water partition coefficient (Wildman–Crippen LogP) is -0.771. The third-order valence-corrected chi connectivity index (χ3v) is 2.54. The Morgan fingerprint density at radius 3 is 3.12 bits per heavy atom. The largest absolute Gasteiger partial charge is 0.394 e. The molecule has 1 aliphatic rings. The zero-order valence-corrected chi connectivity index (χ0v) is 8.47. The molecule has 0 aromatic carbocycles. The van der Waals surface area contributed by atoms with E-state index < -0.39 is 17.6 Å². The van der Waals surface area contributed by atoms with E-state index in [0.29, 0.717) is 0 Å². The number of alkyl halides is 1. The summed E-state index contributed by atoms with van der Waals surface area (Å²) < 4.78 is 20.2. The Balaban J connectivity index is 2.34. The number of hydrogen-bond acceptors (Lipinski definition) is 5. The van der Waals surface area contributed by atoms with Crippen LogP contribution in [0.2, 0.25) is 0 Å². The van der Waals surface area contributed by atoms with Crippen molar-refractivity contribution in [2.24, 2.45) is 0 Å². The molecule has 1 aromatic heterocycles. The number of anilines is 1. The highest BCUT2D eigenvalue weighted by Crippen LogP contribution is 2.31. The lowest BCUT2D eigenvalue weighted by molar-refractivity contribution is 0.0245. The molecule has 1 aliphatic heterocycles. The molecule has 0 radical (unpaired) electrons. The quantitative estimate of drug-likeness (QED) is 0.695. The summed E-state index contributed by atoms with van der Waals surface area (Å²) in [6, 6.07) is 1.34. The maximum absolute atomic E-state index is 14.3. The summed E-state index contributed by atoms with van der Waals surface area (Å²) in [4.78, 5) is 14.9. The highest BCUT2D eigenvalue weighted by Gasteiger charge is 2.42. The van der Waals surface area contributed by atoms with Gasteiger partial charge in [-0.1, -0.05) is 0 Å². The number of nitrogen functional groups attached to an aromatic ring is 1. The molecule has 0 aliphatic carbocycles. The topological polar surface area (TPSA) is 90.4 Å². The maximum Gasteiger partial charge on any atom is 0.352 e. The molecule has 0 bridgehead atoms. The van der Waals surface area contributed by atoms with Crippen molar-refractivity contribution in [1.29, 1.82) is 0 Å². The van der Waals surface area contributed by atoms with Gasteiger partial charge in [0.1, 0.15) is 12.4 Å². The van der Waals surface area contributed by atoms with Gasteiger partial charge in [0.2, 0.25) is 5.79 Å². The third kappa shape index (κ3) is 1.79. The second kappa shape index (κ2) is 3.84. The van der Waals surface area contributed by atoms with Crippen LogP contribution in [0.25, 0.3) is 0 Å². The summed E-state index contributed by atoms with van der Waals surface area (Å²) in [5.41, 5.74) is 4.55. The number of rotatable bonds is 2. The Morgan fingerprint density at radius 2 is 2.56 bits per heavy atom. The van der Waals surface area contributed by atoms with E-state index in [1.54, 1.807) is 0 Å². The van der Waals surface area contributed by atoms with Gasteiger partial charge in [0.25, 0.3) is 0 Å². The Kier molecular flexibility index (Phi) is 2.64. The van der Waals surface area contributed by atoms with Gasteiger partial charge in [-0.2, -0.15) is 4.98 Å². The van der Waals surface area contributed by atoms with Crippen molar-refractivity contribution >= 4 is 5.82 Å². The van der Waals surface area contributed by atoms with Crippen molar-refractivity contribution in [3.05, 3.63) is 22.7 Å². The lowest BCUT2D eigenvalue weighted by Crippen LogP contribution is -2.39. The summed E-state index contributed by atoms with van der Waals surface area (Å²) in [6.07, 6.45) is 0.581. The van der Waals surface area contributed by atoms with Crippen molar-refractivity contribution in [2.45, 2.75) is 18.3 Å². The van der Waals surface area contributed by atoms with E-state index >= 15 is 0 Å². The van der Waals surface area contributed by atoms with Crippen LogP contribution in [0.1, 0.15) is 6.42 Å². The molecule has 0 spiro atoms. The lowest BCUT2D eigenvalue weighted by atomic mass is 10.1. The van der Waals surface area contributed by atoms with E-state index in [0.717, 1.165) is 4.57 Å². The van der Waals surface area contributed by atoms with Crippen LogP contribution < -0.4 is 11.4 Å². The summed E-state index contributed by atoms with van der Waals surface area (Å²) in [7, 11) is 0. The van der Waals surface area contributed by atoms with E-state index in [9.17, 15) is 9.18 Å². The normalized spacial score (nSPS) is 29.5. The molecule has 6 nitrogen and oxygen atoms in total. The first-order valence-corrected chi connectivity index (χ1v) is 4.82. The SMILES string of the molecule is Nc1ccn([C@]2(F)COC(CO)C2)c(=O)n1. The number of ether oxygens (including phenoxy) is 1. The van der Waals surface area contributed by atoms with Gasteiger partial charge in [0, 0.05) is 12.6 Å². The Bertz CT molecular complexity index is 450. The van der Waals surface area contributed by atoms with Crippen molar-refractivity contribution in [2.75, 3.05) is 18.9 Å². The average Bonchev–Trinajstić information content (AvgIpc) is 2.61. The number of halogens is 1. The number of nitrogens with zero attached hydrogens (tertiary/aromatic N) is 2. The Morgan fingerprint density at radius 1 is 1.81 bits per heavy atom. The molecule has 0 amide bonds. The van der Waals surface area contributed by atoms with Gasteiger partial charge in [-0.15, -0.1) is 0 Å². The molecule has 3 N–H and O–H groups in total. The summed E-state index contributed by atoms with van der Waals surface area (Å²) in [5.74, 6) is -1.91. The van der Waals surface area contributed by atoms with Crippen molar-refractivity contribution in [3.8, 4) is 0 Å². The van der Waals surface area contributed by atoms with Gasteiger partial charge < -0.3 is 15.6 Å². The van der Waals surface area contributed by atoms with Crippen LogP contribution in [0.3, 0.4) is 0 Å². The fourth-order valence-corrected chi connectivity index (χ4v) is 1.72. The van der Waals surface area contributed by atoms with Crippen molar-refractivity contribution < 1.29 is 14.2 Å². The third-order valence-electron chi connectivity index (χ3n) is 2.54. The minimum atomic E-state index is -1.95. The number of hydrogen-bond donors (Lipinski definition) is 2. The van der Waals surface area contributed by atoms with Gasteiger partial charge in [-0.25, -0.2) is 9.18 Å². The zero-order chi connectivity index (χ0) is 11.8. The van der Waals surface area contributed by atoms with Crippen molar-refractivity contribution in [1.82, 2.24) is 9.55 Å². The summed E-state index contributed by atoms with van der Waals surface area (Å²) in [6.45, 7) is -0.549. The van der Waals surface area contributed by atoms with E-state index in [1.165, 1.54) is 12.3 Å². The predicted molar refractivity (Wildman–Crippen MR) is 53.4 cm³/mol. The van der Waals surface area contributed by atoms with Crippen LogP contribution in [0, 0.1) is 0 Å². The Hall–Kier alpha value is -1.47. The minimum absolute atomic E-state index is 0.0440. The fourth-order valence-electron chi connectivity index (χ4n) is 1.72. The van der Waals surface area contributed by atoms with Gasteiger partial charge in [-0.05, 0) is 6.07 Å². The smallest absolute Gasteiger partial charge is 0.352 e. The first-order valence-electron chi connectivity index (χ1n) is 4.82. The summed E-state index contributed by atoms with van der Waals surface area (Å²) >= 11 is 0. The number of aromatic nitrogens is 2. The van der Waals surface area contributed by atoms with Gasteiger partial charge >= 0.3 is 5.69 Å². The van der Waals surface area contributed by atoms with E-state index in [2.05, 4.69) is 4.98 Å². The van der Waals surface area contributed by atoms with Crippen molar-refractivity contribution in [3.63, 3.8) is 0 Å². The van der Waals surface area contributed by atoms with E-state index in [4.69, 9.17) is 15.6 Å². The molecule has 2 atom stereocenters. The summed E-state index contributed by atoms with van der Waals surface area (Å²) in [5, 5.41) is 8.84. The second-order valence-corrected chi connectivity index (χ2v) is 3.74. The molecule has 1 unspecified atom stereocenters. The van der Waals surface area contributed by atoms with Gasteiger partial charge in [-0.3, -0.25) is 4.57 Å². The molecule has 88 valence electrons. The van der Waals surface area contributed by atoms with Gasteiger partial charge in [0.05, 0.1) is 12.7 Å². The standard InChI is InChI=1S/C9H12FN3O3/c10-9(3-6(4-14)16-5-9)13-2-1-7(11)12-8(13)15/h1-2,6,14H,3-5H2,(H2,11,12,15)/t6?,9-/m0/s1. The lowest BCUT2D eigenvalue weighted by Gasteiger charge is -2.19. The van der Waals surface area contributed by atoms with Crippen LogP contribution in [-0.2, 0) is 10.5 Å². The van der Waals surface area contributed by atoms with Crippen LogP contribution in [0.5, 0.6) is 0 Å². The van der Waals surface area contributed by atoms with Crippen LogP contribution in [0.4, 0.5) is 10.2 Å². The average molecular weight is 229 g/mol. The number of nitrogens with two attached hydrogens (primary N) is 1. The molecule has 7 heteroatoms. The van der Waals surface area contributed by atoms with E-state index in [1.807, 2.05) is 0 Å². The molecule has 0 saturated carbocycles. The van der Waals surface area contributed by atoms with E-state index in [-0.39, 0.29) is 25.5 Å². The molecular formula is C9H12FN3O3. The number of aliphatic hydroxyl groups excluding tert-OH is 1. The maximum atomic E-state index is 14.3. The van der Waals surface area contributed by atoms with Gasteiger partial charge in [0.15, 0.2) is 0 Å². The first kappa shape index (κ1) is 11.0. The first-order chi connectivity index (χ1) is 7.55. The number of aliphatic hydroxyl groups is 1. The van der Waals surface area contributed by atoms with Crippen LogP contribution >= 0.6 is 0 Å². The van der Waals surface area contributed by atoms with Crippen LogP contribution in [-0.4, -0.2) is 34.0 Å². The highest BCUT2D eigenvalue weighted by atomic mass is 19.1. The molecule has 2 heterocycles. The minimum Gasteiger partial charge on any atom is -0.394 e. The zero-order valence-electron chi connectivity index (χ0n) is 8.47. The fraction of sp³-hybridized carbons (Fsp3) is 0.556. The molecule has 1 saturated heterocycles. The molecule has 1 aromatic rings. The molecule has 1 fully saturated rings. The Labute approximate surface area is 90.5 Å². The monoisotopic (exact) mass is 229 g/mol. The highest BCUT2D eigenvalue weighted by molar-refractivity contribution is 5.23. The molecule has 16 heavy (non-hydrogen) atoms. The second-order valence-electron chi connectivity index (χ2n) is 3.74.